The Labute approximate surface area is 184 Å². The Hall–Kier alpha value is -1.59. The van der Waals surface area contributed by atoms with E-state index in [9.17, 15) is 4.79 Å². The van der Waals surface area contributed by atoms with Gasteiger partial charge in [-0.25, -0.2) is 9.79 Å². The van der Waals surface area contributed by atoms with E-state index in [1.807, 2.05) is 34.6 Å². The van der Waals surface area contributed by atoms with Gasteiger partial charge in [0, 0.05) is 31.1 Å². The predicted molar refractivity (Wildman–Crippen MR) is 118 cm³/mol. The van der Waals surface area contributed by atoms with Crippen molar-refractivity contribution in [1.82, 2.24) is 25.7 Å². The van der Waals surface area contributed by atoms with Crippen LogP contribution in [0.1, 0.15) is 59.2 Å². The lowest BCUT2D eigenvalue weighted by Gasteiger charge is -2.32. The summed E-state index contributed by atoms with van der Waals surface area (Å²) in [7, 11) is 0. The largest absolute Gasteiger partial charge is 0.450 e. The van der Waals surface area contributed by atoms with E-state index in [0.29, 0.717) is 43.9 Å². The molecule has 2 rings (SSSR count). The molecular formula is C18H33IN6O3. The van der Waals surface area contributed by atoms with E-state index in [2.05, 4.69) is 25.8 Å². The number of aliphatic imine (C=N–C) groups is 1. The highest BCUT2D eigenvalue weighted by Crippen LogP contribution is 2.19. The topological polar surface area (TPSA) is 105 Å². The molecule has 9 nitrogen and oxygen atoms in total. The molecule has 0 aliphatic carbocycles. The van der Waals surface area contributed by atoms with Crippen LogP contribution in [0.5, 0.6) is 0 Å². The molecule has 2 N–H and O–H groups in total. The number of nitrogens with one attached hydrogen (secondary N) is 2. The second-order valence-corrected chi connectivity index (χ2v) is 7.57. The lowest BCUT2D eigenvalue weighted by atomic mass is 9.97. The molecule has 10 heteroatoms. The number of guanidine groups is 1. The van der Waals surface area contributed by atoms with Gasteiger partial charge in [0.1, 0.15) is 6.54 Å². The number of nitrogens with zero attached hydrogens (tertiary/aromatic N) is 4. The maximum absolute atomic E-state index is 11.8. The number of halogens is 1. The Morgan fingerprint density at radius 2 is 2.00 bits per heavy atom. The molecule has 1 fully saturated rings. The van der Waals surface area contributed by atoms with Gasteiger partial charge in [0.2, 0.25) is 5.89 Å². The van der Waals surface area contributed by atoms with Crippen molar-refractivity contribution >= 4 is 36.0 Å². The SMILES string of the molecule is CCNC(=NCc1noc(C(C)(C)C)n1)NC1CCN(C(=O)OCC)CC1.I. The molecule has 0 radical (unpaired) electrons. The molecule has 1 aromatic heterocycles. The molecule has 1 aliphatic rings. The summed E-state index contributed by atoms with van der Waals surface area (Å²) in [5, 5.41) is 10.7. The average molecular weight is 508 g/mol. The summed E-state index contributed by atoms with van der Waals surface area (Å²) in [5.74, 6) is 1.89. The first-order valence-corrected chi connectivity index (χ1v) is 9.63. The highest BCUT2D eigenvalue weighted by atomic mass is 127. The summed E-state index contributed by atoms with van der Waals surface area (Å²) < 4.78 is 10.4. The first-order chi connectivity index (χ1) is 12.8. The summed E-state index contributed by atoms with van der Waals surface area (Å²) in [4.78, 5) is 22.5. The van der Waals surface area contributed by atoms with Crippen LogP contribution in [0, 0.1) is 0 Å². The Balaban J connectivity index is 0.00000392. The van der Waals surface area contributed by atoms with Gasteiger partial charge >= 0.3 is 6.09 Å². The number of aromatic nitrogens is 2. The summed E-state index contributed by atoms with van der Waals surface area (Å²) in [6.07, 6.45) is 1.46. The number of hydrogen-bond acceptors (Lipinski definition) is 6. The molecular weight excluding hydrogens is 475 g/mol. The molecule has 0 aromatic carbocycles. The van der Waals surface area contributed by atoms with E-state index in [0.717, 1.165) is 19.4 Å². The zero-order valence-corrected chi connectivity index (χ0v) is 19.8. The minimum Gasteiger partial charge on any atom is -0.450 e. The van der Waals surface area contributed by atoms with Crippen LogP contribution >= 0.6 is 24.0 Å². The minimum absolute atomic E-state index is 0. The van der Waals surface area contributed by atoms with Gasteiger partial charge in [-0.3, -0.25) is 0 Å². The second kappa shape index (κ2) is 11.4. The monoisotopic (exact) mass is 508 g/mol. The first kappa shape index (κ1) is 24.4. The van der Waals surface area contributed by atoms with Gasteiger partial charge in [-0.15, -0.1) is 24.0 Å². The van der Waals surface area contributed by atoms with Crippen LogP contribution in [0.3, 0.4) is 0 Å². The molecule has 1 saturated heterocycles. The third-order valence-corrected chi connectivity index (χ3v) is 4.19. The highest BCUT2D eigenvalue weighted by molar-refractivity contribution is 14.0. The van der Waals surface area contributed by atoms with Crippen molar-refractivity contribution in [2.75, 3.05) is 26.2 Å². The summed E-state index contributed by atoms with van der Waals surface area (Å²) >= 11 is 0. The zero-order chi connectivity index (χ0) is 19.9. The lowest BCUT2D eigenvalue weighted by Crippen LogP contribution is -2.49. The van der Waals surface area contributed by atoms with Gasteiger partial charge in [-0.2, -0.15) is 4.98 Å². The molecule has 28 heavy (non-hydrogen) atoms. The van der Waals surface area contributed by atoms with Crippen molar-refractivity contribution in [2.45, 2.75) is 65.5 Å². The lowest BCUT2D eigenvalue weighted by molar-refractivity contribution is 0.0963. The number of likely N-dealkylation sites (tertiary alicyclic amines) is 1. The number of hydrogen-bond donors (Lipinski definition) is 2. The summed E-state index contributed by atoms with van der Waals surface area (Å²) in [6.45, 7) is 12.8. The van der Waals surface area contributed by atoms with Gasteiger partial charge in [0.15, 0.2) is 11.8 Å². The predicted octanol–water partition coefficient (Wildman–Crippen LogP) is 2.66. The molecule has 0 unspecified atom stereocenters. The van der Waals surface area contributed by atoms with Gasteiger partial charge in [0.25, 0.3) is 0 Å². The molecule has 0 bridgehead atoms. The van der Waals surface area contributed by atoms with E-state index >= 15 is 0 Å². The van der Waals surface area contributed by atoms with Crippen molar-refractivity contribution in [1.29, 1.82) is 0 Å². The quantitative estimate of drug-likeness (QED) is 0.358. The fraction of sp³-hybridized carbons (Fsp3) is 0.778. The Bertz CT molecular complexity index is 636. The van der Waals surface area contributed by atoms with Crippen LogP contribution < -0.4 is 10.6 Å². The molecule has 1 amide bonds. The average Bonchev–Trinajstić information content (AvgIpc) is 3.10. The van der Waals surface area contributed by atoms with Crippen molar-refractivity contribution < 1.29 is 14.1 Å². The summed E-state index contributed by atoms with van der Waals surface area (Å²) in [6, 6.07) is 0.254. The van der Waals surface area contributed by atoms with Crippen LogP contribution in [0.15, 0.2) is 9.52 Å². The van der Waals surface area contributed by atoms with Crippen molar-refractivity contribution in [3.8, 4) is 0 Å². The van der Waals surface area contributed by atoms with Crippen molar-refractivity contribution in [2.24, 2.45) is 4.99 Å². The van der Waals surface area contributed by atoms with Gasteiger partial charge in [0.05, 0.1) is 6.61 Å². The van der Waals surface area contributed by atoms with Crippen LogP contribution in [-0.2, 0) is 16.7 Å². The minimum atomic E-state index is -0.233. The van der Waals surface area contributed by atoms with E-state index in [1.54, 1.807) is 4.90 Å². The zero-order valence-electron chi connectivity index (χ0n) is 17.4. The number of carbonyl (C=O) groups is 1. The van der Waals surface area contributed by atoms with E-state index in [1.165, 1.54) is 0 Å². The first-order valence-electron chi connectivity index (χ1n) is 9.63. The Morgan fingerprint density at radius 3 is 2.54 bits per heavy atom. The van der Waals surface area contributed by atoms with Crippen LogP contribution in [-0.4, -0.2) is 59.4 Å². The Kier molecular flexibility index (Phi) is 9.97. The maximum Gasteiger partial charge on any atom is 0.409 e. The standard InChI is InChI=1S/C18H32N6O3.HI/c1-6-19-16(20-12-14-22-15(27-23-14)18(3,4)5)21-13-8-10-24(11-9-13)17(25)26-7-2;/h13H,6-12H2,1-5H3,(H2,19,20,21);1H. The maximum atomic E-state index is 11.8. The number of carbonyl (C=O) groups excluding carboxylic acids is 1. The molecule has 0 spiro atoms. The number of piperidine rings is 1. The molecule has 160 valence electrons. The van der Waals surface area contributed by atoms with Crippen molar-refractivity contribution in [3.05, 3.63) is 11.7 Å². The normalized spacial score (nSPS) is 15.8. The molecule has 1 aromatic rings. The van der Waals surface area contributed by atoms with Crippen LogP contribution in [0.25, 0.3) is 0 Å². The molecule has 0 atom stereocenters. The third kappa shape index (κ3) is 7.44. The van der Waals surface area contributed by atoms with E-state index in [-0.39, 0.29) is 41.5 Å². The van der Waals surface area contributed by atoms with E-state index < -0.39 is 0 Å². The van der Waals surface area contributed by atoms with Crippen LogP contribution in [0.4, 0.5) is 4.79 Å². The number of amides is 1. The van der Waals surface area contributed by atoms with Gasteiger partial charge in [-0.05, 0) is 26.7 Å². The fourth-order valence-corrected chi connectivity index (χ4v) is 2.71. The Morgan fingerprint density at radius 1 is 1.32 bits per heavy atom. The molecule has 2 heterocycles. The molecule has 0 saturated carbocycles. The highest BCUT2D eigenvalue weighted by Gasteiger charge is 2.24. The fourth-order valence-electron chi connectivity index (χ4n) is 2.71. The second-order valence-electron chi connectivity index (χ2n) is 7.57. The van der Waals surface area contributed by atoms with Crippen molar-refractivity contribution in [3.63, 3.8) is 0 Å². The third-order valence-electron chi connectivity index (χ3n) is 4.19. The smallest absolute Gasteiger partial charge is 0.409 e. The summed E-state index contributed by atoms with van der Waals surface area (Å²) in [5.41, 5.74) is -0.176. The molecule has 1 aliphatic heterocycles. The van der Waals surface area contributed by atoms with Gasteiger partial charge in [-0.1, -0.05) is 25.9 Å². The van der Waals surface area contributed by atoms with Gasteiger partial charge < -0.3 is 24.8 Å². The van der Waals surface area contributed by atoms with Crippen LogP contribution in [0.2, 0.25) is 0 Å². The number of ether oxygens (including phenoxy) is 1. The number of rotatable bonds is 5. The van der Waals surface area contributed by atoms with E-state index in [4.69, 9.17) is 9.26 Å².